The Kier molecular flexibility index (Phi) is 5.78. The quantitative estimate of drug-likeness (QED) is 0.722. The molecule has 1 saturated heterocycles. The molecule has 0 saturated carbocycles. The summed E-state index contributed by atoms with van der Waals surface area (Å²) in [5, 5.41) is 0. The average Bonchev–Trinajstić information content (AvgIpc) is 3.02. The van der Waals surface area contributed by atoms with Gasteiger partial charge in [0, 0.05) is 0 Å². The van der Waals surface area contributed by atoms with E-state index in [9.17, 15) is 9.59 Å². The Hall–Kier alpha value is -2.70. The highest BCUT2D eigenvalue weighted by molar-refractivity contribution is 5.99. The summed E-state index contributed by atoms with van der Waals surface area (Å²) in [7, 11) is 2.69. The maximum absolute atomic E-state index is 12.4. The van der Waals surface area contributed by atoms with E-state index in [4.69, 9.17) is 18.9 Å². The minimum atomic E-state index is -0.920. The molecule has 1 aliphatic rings. The van der Waals surface area contributed by atoms with Crippen molar-refractivity contribution in [3.63, 3.8) is 0 Å². The van der Waals surface area contributed by atoms with Crippen LogP contribution in [0.2, 0.25) is 0 Å². The zero-order valence-corrected chi connectivity index (χ0v) is 17.6. The molecule has 29 heavy (non-hydrogen) atoms. The molecule has 1 fully saturated rings. The molecule has 0 aliphatic carbocycles. The van der Waals surface area contributed by atoms with E-state index in [1.165, 1.54) is 14.2 Å². The number of benzene rings is 2. The van der Waals surface area contributed by atoms with Crippen LogP contribution in [0.4, 0.5) is 0 Å². The van der Waals surface area contributed by atoms with Crippen molar-refractivity contribution in [1.82, 2.24) is 0 Å². The van der Waals surface area contributed by atoms with Crippen LogP contribution < -0.4 is 0 Å². The van der Waals surface area contributed by atoms with Crippen LogP contribution in [0.25, 0.3) is 11.1 Å². The van der Waals surface area contributed by atoms with Gasteiger partial charge < -0.3 is 18.9 Å². The molecule has 1 aliphatic heterocycles. The summed E-state index contributed by atoms with van der Waals surface area (Å²) in [5.74, 6) is -1.80. The number of aryl methyl sites for hydroxylation is 2. The first-order chi connectivity index (χ1) is 13.7. The third kappa shape index (κ3) is 4.18. The minimum absolute atomic E-state index is 0.392. The van der Waals surface area contributed by atoms with Crippen molar-refractivity contribution in [2.24, 2.45) is 0 Å². The van der Waals surface area contributed by atoms with Crippen molar-refractivity contribution in [3.05, 3.63) is 58.7 Å². The van der Waals surface area contributed by atoms with Crippen molar-refractivity contribution in [1.29, 1.82) is 0 Å². The lowest BCUT2D eigenvalue weighted by molar-refractivity contribution is -0.168. The lowest BCUT2D eigenvalue weighted by Gasteiger charge is -2.18. The van der Waals surface area contributed by atoms with Gasteiger partial charge in [-0.1, -0.05) is 35.9 Å². The molecule has 3 rings (SSSR count). The number of carbonyl (C=O) groups is 2. The number of ether oxygens (including phenoxy) is 4. The van der Waals surface area contributed by atoms with E-state index < -0.39 is 29.9 Å². The van der Waals surface area contributed by atoms with Crippen LogP contribution in [0.1, 0.15) is 47.0 Å². The summed E-state index contributed by atoms with van der Waals surface area (Å²) in [4.78, 5) is 24.6. The molecule has 0 amide bonds. The highest BCUT2D eigenvalue weighted by Gasteiger charge is 2.46. The normalized spacial score (nSPS) is 20.3. The Morgan fingerprint density at radius 2 is 1.72 bits per heavy atom. The van der Waals surface area contributed by atoms with Crippen LogP contribution in [0.15, 0.2) is 36.4 Å². The summed E-state index contributed by atoms with van der Waals surface area (Å²) in [5.41, 5.74) is 4.74. The van der Waals surface area contributed by atoms with Gasteiger partial charge in [-0.15, -0.1) is 0 Å². The number of hydrogen-bond acceptors (Lipinski definition) is 6. The third-order valence-corrected chi connectivity index (χ3v) is 4.93. The summed E-state index contributed by atoms with van der Waals surface area (Å²) in [6, 6.07) is 11.5. The van der Waals surface area contributed by atoms with Crippen molar-refractivity contribution in [2.75, 3.05) is 14.2 Å². The fourth-order valence-electron chi connectivity index (χ4n) is 3.75. The summed E-state index contributed by atoms with van der Waals surface area (Å²) < 4.78 is 21.6. The Balaban J connectivity index is 2.10. The van der Waals surface area contributed by atoms with Gasteiger partial charge in [-0.25, -0.2) is 9.59 Å². The molecule has 0 bridgehead atoms. The molecule has 0 aromatic heterocycles. The van der Waals surface area contributed by atoms with Crippen LogP contribution in [-0.4, -0.2) is 38.0 Å². The summed E-state index contributed by atoms with van der Waals surface area (Å²) in [6.07, 6.45) is -1.49. The largest absolute Gasteiger partial charge is 0.467 e. The van der Waals surface area contributed by atoms with Crippen LogP contribution in [0.3, 0.4) is 0 Å². The van der Waals surface area contributed by atoms with Gasteiger partial charge in [0.05, 0.1) is 19.8 Å². The molecule has 2 atom stereocenters. The van der Waals surface area contributed by atoms with Gasteiger partial charge in [0.25, 0.3) is 0 Å². The fraction of sp³-hybridized carbons (Fsp3) is 0.391. The number of esters is 2. The third-order valence-electron chi connectivity index (χ3n) is 4.93. The van der Waals surface area contributed by atoms with E-state index in [1.807, 2.05) is 50.2 Å². The van der Waals surface area contributed by atoms with Crippen LogP contribution >= 0.6 is 0 Å². The summed E-state index contributed by atoms with van der Waals surface area (Å²) >= 11 is 0. The predicted molar refractivity (Wildman–Crippen MR) is 107 cm³/mol. The van der Waals surface area contributed by atoms with Crippen molar-refractivity contribution >= 4 is 11.9 Å². The van der Waals surface area contributed by atoms with Gasteiger partial charge in [-0.3, -0.25) is 0 Å². The number of methoxy groups -OCH3 is 2. The maximum atomic E-state index is 12.4. The smallest absolute Gasteiger partial charge is 0.338 e. The topological polar surface area (TPSA) is 71.1 Å². The monoisotopic (exact) mass is 398 g/mol. The first kappa shape index (κ1) is 21.0. The first-order valence-electron chi connectivity index (χ1n) is 9.40. The Bertz CT molecular complexity index is 946. The number of hydrogen-bond donors (Lipinski definition) is 0. The molecule has 154 valence electrons. The molecular formula is C23H26O6. The van der Waals surface area contributed by atoms with Gasteiger partial charge in [-0.2, -0.15) is 0 Å². The highest BCUT2D eigenvalue weighted by Crippen LogP contribution is 2.40. The van der Waals surface area contributed by atoms with E-state index in [0.717, 1.165) is 27.8 Å². The van der Waals surface area contributed by atoms with Crippen molar-refractivity contribution in [2.45, 2.75) is 45.7 Å². The molecule has 0 spiro atoms. The van der Waals surface area contributed by atoms with E-state index in [1.54, 1.807) is 13.8 Å². The molecule has 6 heteroatoms. The zero-order chi connectivity index (χ0) is 21.3. The fourth-order valence-corrected chi connectivity index (χ4v) is 3.75. The van der Waals surface area contributed by atoms with Gasteiger partial charge in [0.15, 0.2) is 11.9 Å². The second kappa shape index (κ2) is 7.97. The Morgan fingerprint density at radius 3 is 2.38 bits per heavy atom. The Morgan fingerprint density at radius 1 is 1.00 bits per heavy atom. The molecule has 6 nitrogen and oxygen atoms in total. The van der Waals surface area contributed by atoms with E-state index in [-0.39, 0.29) is 0 Å². The Labute approximate surface area is 170 Å². The molecule has 1 heterocycles. The predicted octanol–water partition coefficient (Wildman–Crippen LogP) is 4.12. The van der Waals surface area contributed by atoms with Crippen LogP contribution in [0.5, 0.6) is 0 Å². The van der Waals surface area contributed by atoms with Gasteiger partial charge in [0.1, 0.15) is 6.10 Å². The molecule has 0 N–H and O–H groups in total. The van der Waals surface area contributed by atoms with E-state index in [0.29, 0.717) is 5.56 Å². The summed E-state index contributed by atoms with van der Waals surface area (Å²) in [6.45, 7) is 7.37. The average molecular weight is 398 g/mol. The first-order valence-corrected chi connectivity index (χ1v) is 9.40. The minimum Gasteiger partial charge on any atom is -0.467 e. The lowest BCUT2D eigenvalue weighted by Crippen LogP contribution is -2.29. The standard InChI is InChI=1S/C23H26O6/c1-13-10-14(2)18(21(24)26-5)17(11-13)15-8-7-9-16(12-15)19-20(22(25)27-6)29-23(3,4)28-19/h7-12,19-20H,1-6H3/t19-,20+/m1/s1. The van der Waals surface area contributed by atoms with Gasteiger partial charge >= 0.3 is 11.9 Å². The SMILES string of the molecule is COC(=O)c1c(C)cc(C)cc1-c1cccc([C@H]2OC(C)(C)O[C@@H]2C(=O)OC)c1. The molecule has 0 radical (unpaired) electrons. The highest BCUT2D eigenvalue weighted by atomic mass is 16.8. The second-order valence-corrected chi connectivity index (χ2v) is 7.62. The molecular weight excluding hydrogens is 372 g/mol. The van der Waals surface area contributed by atoms with Gasteiger partial charge in [0.2, 0.25) is 0 Å². The number of carbonyl (C=O) groups excluding carboxylic acids is 2. The van der Waals surface area contributed by atoms with Crippen molar-refractivity contribution < 1.29 is 28.5 Å². The molecule has 2 aromatic carbocycles. The van der Waals surface area contributed by atoms with E-state index >= 15 is 0 Å². The van der Waals surface area contributed by atoms with Crippen LogP contribution in [0, 0.1) is 13.8 Å². The van der Waals surface area contributed by atoms with Gasteiger partial charge in [-0.05, 0) is 56.0 Å². The molecule has 2 aromatic rings. The zero-order valence-electron chi connectivity index (χ0n) is 17.6. The number of rotatable bonds is 4. The van der Waals surface area contributed by atoms with Crippen molar-refractivity contribution in [3.8, 4) is 11.1 Å². The second-order valence-electron chi connectivity index (χ2n) is 7.62. The molecule has 0 unspecified atom stereocenters. The van der Waals surface area contributed by atoms with E-state index in [2.05, 4.69) is 0 Å². The maximum Gasteiger partial charge on any atom is 0.338 e. The van der Waals surface area contributed by atoms with Crippen LogP contribution in [-0.2, 0) is 23.7 Å². The lowest BCUT2D eigenvalue weighted by atomic mass is 9.91.